The van der Waals surface area contributed by atoms with Gasteiger partial charge < -0.3 is 9.47 Å². The summed E-state index contributed by atoms with van der Waals surface area (Å²) in [6, 6.07) is 0. The second kappa shape index (κ2) is 6.46. The molecule has 29 heavy (non-hydrogen) atoms. The molecular weight excluding hydrogens is 364 g/mol. The molecule has 158 valence electrons. The predicted molar refractivity (Wildman–Crippen MR) is 110 cm³/mol. The molecule has 4 nitrogen and oxygen atoms in total. The molecule has 0 spiro atoms. The van der Waals surface area contributed by atoms with Crippen LogP contribution >= 0.6 is 0 Å². The van der Waals surface area contributed by atoms with Crippen molar-refractivity contribution in [2.45, 2.75) is 84.8 Å². The smallest absolute Gasteiger partial charge is 0.330 e. The molecule has 5 rings (SSSR count). The van der Waals surface area contributed by atoms with Gasteiger partial charge in [0.25, 0.3) is 0 Å². The van der Waals surface area contributed by atoms with Crippen molar-refractivity contribution in [3.05, 3.63) is 23.3 Å². The van der Waals surface area contributed by atoms with Crippen LogP contribution in [0.15, 0.2) is 23.3 Å². The fourth-order valence-electron chi connectivity index (χ4n) is 8.34. The van der Waals surface area contributed by atoms with Crippen LogP contribution in [-0.2, 0) is 19.1 Å². The molecule has 0 aromatic heterocycles. The summed E-state index contributed by atoms with van der Waals surface area (Å²) >= 11 is 0. The Hall–Kier alpha value is -1.58. The maximum Gasteiger partial charge on any atom is 0.330 e. The topological polar surface area (TPSA) is 52.6 Å². The molecule has 0 N–H and O–H groups in total. The molecule has 0 amide bonds. The Morgan fingerprint density at radius 1 is 1.21 bits per heavy atom. The van der Waals surface area contributed by atoms with Crippen molar-refractivity contribution in [3.8, 4) is 0 Å². The first-order chi connectivity index (χ1) is 13.7. The van der Waals surface area contributed by atoms with Crippen LogP contribution in [0.5, 0.6) is 0 Å². The summed E-state index contributed by atoms with van der Waals surface area (Å²) in [6.07, 6.45) is 12.0. The van der Waals surface area contributed by atoms with Crippen molar-refractivity contribution in [1.82, 2.24) is 0 Å². The maximum atomic E-state index is 12.0. The fourth-order valence-corrected chi connectivity index (χ4v) is 8.34. The number of rotatable bonds is 1. The van der Waals surface area contributed by atoms with E-state index in [4.69, 9.17) is 9.47 Å². The molecule has 4 aliphatic carbocycles. The SMILES string of the molecule is CC(=O)O[C@H]1CC[C@@]2(C)C(=CC[C@@H]3[C@H]4C[C@@H]5OC(=O)C=C(C)[C@H]5[C@@]4(C)CC[C@H]32)C1. The zero-order valence-electron chi connectivity index (χ0n) is 18.2. The molecule has 0 bridgehead atoms. The summed E-state index contributed by atoms with van der Waals surface area (Å²) in [5.74, 6) is 2.07. The van der Waals surface area contributed by atoms with E-state index in [2.05, 4.69) is 26.8 Å². The van der Waals surface area contributed by atoms with Gasteiger partial charge in [-0.2, -0.15) is 0 Å². The summed E-state index contributed by atoms with van der Waals surface area (Å²) in [4.78, 5) is 23.4. The summed E-state index contributed by atoms with van der Waals surface area (Å²) in [5, 5.41) is 0. The number of carbonyl (C=O) groups is 2. The molecular formula is C25H34O4. The second-order valence-electron chi connectivity index (χ2n) is 10.9. The molecule has 0 aromatic rings. The first-order valence-corrected chi connectivity index (χ1v) is 11.5. The van der Waals surface area contributed by atoms with Crippen molar-refractivity contribution in [2.75, 3.05) is 0 Å². The highest BCUT2D eigenvalue weighted by molar-refractivity contribution is 5.84. The van der Waals surface area contributed by atoms with E-state index in [0.717, 1.165) is 32.1 Å². The Morgan fingerprint density at radius 3 is 2.76 bits per heavy atom. The van der Waals surface area contributed by atoms with Crippen molar-refractivity contribution >= 4 is 11.9 Å². The van der Waals surface area contributed by atoms with Crippen molar-refractivity contribution < 1.29 is 19.1 Å². The van der Waals surface area contributed by atoms with E-state index in [1.54, 1.807) is 6.08 Å². The van der Waals surface area contributed by atoms with Crippen LogP contribution < -0.4 is 0 Å². The molecule has 1 heterocycles. The van der Waals surface area contributed by atoms with E-state index >= 15 is 0 Å². The molecule has 3 fully saturated rings. The van der Waals surface area contributed by atoms with Gasteiger partial charge in [0.1, 0.15) is 12.2 Å². The monoisotopic (exact) mass is 398 g/mol. The van der Waals surface area contributed by atoms with Crippen molar-refractivity contribution in [2.24, 2.45) is 34.5 Å². The van der Waals surface area contributed by atoms with E-state index in [1.807, 2.05) is 0 Å². The highest BCUT2D eigenvalue weighted by atomic mass is 16.5. The number of allylic oxidation sites excluding steroid dienone is 1. The molecule has 3 saturated carbocycles. The summed E-state index contributed by atoms with van der Waals surface area (Å²) in [7, 11) is 0. The quantitative estimate of drug-likeness (QED) is 0.462. The highest BCUT2D eigenvalue weighted by Crippen LogP contribution is 2.67. The van der Waals surface area contributed by atoms with Gasteiger partial charge >= 0.3 is 11.9 Å². The number of carbonyl (C=O) groups excluding carboxylic acids is 2. The minimum absolute atomic E-state index is 0.0544. The summed E-state index contributed by atoms with van der Waals surface area (Å²) < 4.78 is 11.4. The molecule has 4 heteroatoms. The lowest BCUT2D eigenvalue weighted by atomic mass is 9.47. The Morgan fingerprint density at radius 2 is 2.00 bits per heavy atom. The normalized spacial score (nSPS) is 48.2. The van der Waals surface area contributed by atoms with E-state index in [-0.39, 0.29) is 35.0 Å². The van der Waals surface area contributed by atoms with Crippen LogP contribution in [0.3, 0.4) is 0 Å². The van der Waals surface area contributed by atoms with E-state index in [0.29, 0.717) is 23.7 Å². The molecule has 1 aliphatic heterocycles. The minimum Gasteiger partial charge on any atom is -0.462 e. The van der Waals surface area contributed by atoms with Gasteiger partial charge in [-0.3, -0.25) is 4.79 Å². The van der Waals surface area contributed by atoms with Gasteiger partial charge in [0, 0.05) is 25.3 Å². The largest absolute Gasteiger partial charge is 0.462 e. The molecule has 0 unspecified atom stereocenters. The average molecular weight is 399 g/mol. The number of hydrogen-bond acceptors (Lipinski definition) is 4. The van der Waals surface area contributed by atoms with Crippen molar-refractivity contribution in [1.29, 1.82) is 0 Å². The zero-order chi connectivity index (χ0) is 20.6. The standard InChI is InChI=1S/C25H34O4/c1-14-11-22(27)29-21-13-20-18-6-5-16-12-17(28-15(2)26)7-9-24(16,3)19(18)8-10-25(20,4)23(14)21/h5,11,17-21,23H,6-10,12-13H2,1-4H3/t17-,18-,19+,20+,21-,23+,24-,25-/m0/s1. The third kappa shape index (κ3) is 2.77. The van der Waals surface area contributed by atoms with Gasteiger partial charge in [0.05, 0.1) is 0 Å². The van der Waals surface area contributed by atoms with Gasteiger partial charge in [-0.1, -0.05) is 31.1 Å². The lowest BCUT2D eigenvalue weighted by Gasteiger charge is -2.58. The van der Waals surface area contributed by atoms with E-state index in [9.17, 15) is 9.59 Å². The molecule has 8 atom stereocenters. The molecule has 0 radical (unpaired) electrons. The third-order valence-electron chi connectivity index (χ3n) is 9.50. The lowest BCUT2D eigenvalue weighted by molar-refractivity contribution is -0.149. The van der Waals surface area contributed by atoms with Gasteiger partial charge in [-0.15, -0.1) is 0 Å². The molecule has 0 aromatic carbocycles. The zero-order valence-corrected chi connectivity index (χ0v) is 18.2. The lowest BCUT2D eigenvalue weighted by Crippen LogP contribution is -2.50. The van der Waals surface area contributed by atoms with Crippen molar-refractivity contribution in [3.63, 3.8) is 0 Å². The van der Waals surface area contributed by atoms with Gasteiger partial charge in [-0.05, 0) is 74.0 Å². The van der Waals surface area contributed by atoms with Crippen LogP contribution in [0.25, 0.3) is 0 Å². The van der Waals surface area contributed by atoms with Crippen LogP contribution in [0.4, 0.5) is 0 Å². The first-order valence-electron chi connectivity index (χ1n) is 11.5. The number of ether oxygens (including phenoxy) is 2. The summed E-state index contributed by atoms with van der Waals surface area (Å²) in [6.45, 7) is 8.59. The van der Waals surface area contributed by atoms with Gasteiger partial charge in [-0.25, -0.2) is 4.79 Å². The third-order valence-corrected chi connectivity index (χ3v) is 9.50. The average Bonchev–Trinajstić information content (AvgIpc) is 2.94. The van der Waals surface area contributed by atoms with Gasteiger partial charge in [0.15, 0.2) is 0 Å². The van der Waals surface area contributed by atoms with E-state index < -0.39 is 0 Å². The number of fused-ring (bicyclic) bond motifs is 7. The first kappa shape index (κ1) is 19.4. The van der Waals surface area contributed by atoms with Crippen LogP contribution in [-0.4, -0.2) is 24.1 Å². The maximum absolute atomic E-state index is 12.0. The Kier molecular flexibility index (Phi) is 4.32. The number of hydrogen-bond donors (Lipinski definition) is 0. The van der Waals surface area contributed by atoms with Gasteiger partial charge in [0.2, 0.25) is 0 Å². The van der Waals surface area contributed by atoms with Crippen LogP contribution in [0.2, 0.25) is 0 Å². The highest BCUT2D eigenvalue weighted by Gasteiger charge is 2.62. The Balaban J connectivity index is 1.43. The van der Waals surface area contributed by atoms with Crippen LogP contribution in [0.1, 0.15) is 72.6 Å². The summed E-state index contributed by atoms with van der Waals surface area (Å²) in [5.41, 5.74) is 3.23. The predicted octanol–water partition coefficient (Wildman–Crippen LogP) is 4.98. The molecule has 0 saturated heterocycles. The minimum atomic E-state index is -0.159. The number of esters is 2. The fraction of sp³-hybridized carbons (Fsp3) is 0.760. The second-order valence-corrected chi connectivity index (χ2v) is 10.9. The van der Waals surface area contributed by atoms with Crippen LogP contribution in [0, 0.1) is 34.5 Å². The molecule has 5 aliphatic rings. The van der Waals surface area contributed by atoms with E-state index in [1.165, 1.54) is 30.9 Å². The Labute approximate surface area is 174 Å². The Bertz CT molecular complexity index is 810.